The average Bonchev–Trinajstić information content (AvgIpc) is 1.94. The van der Waals surface area contributed by atoms with E-state index in [1.165, 1.54) is 0 Å². The molecule has 0 aliphatic heterocycles. The molecule has 0 nitrogen and oxygen atoms in total. The van der Waals surface area contributed by atoms with Gasteiger partial charge in [-0.2, -0.15) is 17.6 Å². The van der Waals surface area contributed by atoms with E-state index in [-0.39, 0.29) is 10.4 Å². The fourth-order valence-electron chi connectivity index (χ4n) is 2.26. The minimum atomic E-state index is -3.91. The van der Waals surface area contributed by atoms with Gasteiger partial charge in [0.2, 0.25) is 0 Å². The molecular formula is C10H18F4Si2. The average molecular weight is 270 g/mol. The van der Waals surface area contributed by atoms with Crippen molar-refractivity contribution < 1.29 is 17.6 Å². The Morgan fingerprint density at radius 2 is 0.812 bits per heavy atom. The van der Waals surface area contributed by atoms with Gasteiger partial charge in [0, 0.05) is 0 Å². The Hall–Kier alpha value is -0.106. The minimum Gasteiger partial charge on any atom is -0.195 e. The normalized spacial score (nSPS) is 24.4. The van der Waals surface area contributed by atoms with Gasteiger partial charge in [0.05, 0.1) is 16.1 Å². The largest absolute Gasteiger partial charge is 0.331 e. The molecule has 0 saturated heterocycles. The number of hydrogen-bond donors (Lipinski definition) is 0. The Kier molecular flexibility index (Phi) is 2.81. The third-order valence-electron chi connectivity index (χ3n) is 2.77. The number of alkyl halides is 4. The van der Waals surface area contributed by atoms with Crippen LogP contribution in [0, 0.1) is 0 Å². The molecule has 0 atom stereocenters. The van der Waals surface area contributed by atoms with Crippen LogP contribution < -0.4 is 0 Å². The van der Waals surface area contributed by atoms with Crippen molar-refractivity contribution in [2.24, 2.45) is 0 Å². The highest BCUT2D eigenvalue weighted by molar-refractivity contribution is 6.90. The molecular weight excluding hydrogens is 252 g/mol. The van der Waals surface area contributed by atoms with E-state index in [4.69, 9.17) is 0 Å². The predicted molar refractivity (Wildman–Crippen MR) is 63.6 cm³/mol. The van der Waals surface area contributed by atoms with E-state index in [2.05, 4.69) is 0 Å². The zero-order valence-electron chi connectivity index (χ0n) is 10.5. The number of allylic oxidation sites excluding steroid dienone is 2. The van der Waals surface area contributed by atoms with Crippen LogP contribution in [0.2, 0.25) is 39.3 Å². The van der Waals surface area contributed by atoms with Crippen LogP contribution >= 0.6 is 0 Å². The first-order chi connectivity index (χ1) is 6.74. The molecule has 1 aliphatic rings. The lowest BCUT2D eigenvalue weighted by molar-refractivity contribution is -0.179. The molecule has 0 amide bonds. The van der Waals surface area contributed by atoms with Crippen LogP contribution in [0.4, 0.5) is 17.6 Å². The van der Waals surface area contributed by atoms with E-state index in [0.29, 0.717) is 0 Å². The van der Waals surface area contributed by atoms with E-state index in [9.17, 15) is 17.6 Å². The molecule has 16 heavy (non-hydrogen) atoms. The van der Waals surface area contributed by atoms with Crippen molar-refractivity contribution in [3.63, 3.8) is 0 Å². The van der Waals surface area contributed by atoms with Crippen molar-refractivity contribution in [3.05, 3.63) is 10.4 Å². The highest BCUT2D eigenvalue weighted by Crippen LogP contribution is 2.60. The van der Waals surface area contributed by atoms with Crippen molar-refractivity contribution in [3.8, 4) is 0 Å². The standard InChI is InChI=1S/C10H18F4Si2/c1-15(2,3)7-8(16(4,5)6)10(13,14)9(7,11)12/h1-6H3. The predicted octanol–water partition coefficient (Wildman–Crippen LogP) is 4.32. The van der Waals surface area contributed by atoms with Crippen LogP contribution in [0.15, 0.2) is 10.4 Å². The second-order valence-electron chi connectivity index (χ2n) is 6.40. The smallest absolute Gasteiger partial charge is 0.195 e. The van der Waals surface area contributed by atoms with Crippen LogP contribution in [0.5, 0.6) is 0 Å². The van der Waals surface area contributed by atoms with E-state index >= 15 is 0 Å². The number of rotatable bonds is 2. The van der Waals surface area contributed by atoms with E-state index in [0.717, 1.165) is 0 Å². The summed E-state index contributed by atoms with van der Waals surface area (Å²) in [6.07, 6.45) is 0. The fraction of sp³-hybridized carbons (Fsp3) is 0.800. The lowest BCUT2D eigenvalue weighted by Gasteiger charge is -2.50. The van der Waals surface area contributed by atoms with E-state index in [1.807, 2.05) is 0 Å². The van der Waals surface area contributed by atoms with E-state index < -0.39 is 28.0 Å². The maximum absolute atomic E-state index is 13.5. The third-order valence-corrected chi connectivity index (χ3v) is 7.15. The SMILES string of the molecule is C[Si](C)(C)C1=C([Si](C)(C)C)C(F)(F)C1(F)F. The highest BCUT2D eigenvalue weighted by Gasteiger charge is 2.74. The van der Waals surface area contributed by atoms with Crippen LogP contribution in [0.25, 0.3) is 0 Å². The van der Waals surface area contributed by atoms with E-state index in [1.54, 1.807) is 39.3 Å². The molecule has 0 unspecified atom stereocenters. The van der Waals surface area contributed by atoms with Gasteiger partial charge in [-0.15, -0.1) is 0 Å². The molecule has 0 radical (unpaired) electrons. The van der Waals surface area contributed by atoms with Gasteiger partial charge in [-0.25, -0.2) is 0 Å². The highest BCUT2D eigenvalue weighted by atomic mass is 28.3. The quantitative estimate of drug-likeness (QED) is 0.518. The lowest BCUT2D eigenvalue weighted by atomic mass is 9.99. The van der Waals surface area contributed by atoms with Crippen LogP contribution in [-0.2, 0) is 0 Å². The van der Waals surface area contributed by atoms with Crippen molar-refractivity contribution in [1.29, 1.82) is 0 Å². The van der Waals surface area contributed by atoms with Gasteiger partial charge in [0.1, 0.15) is 0 Å². The fourth-order valence-corrected chi connectivity index (χ4v) is 8.52. The molecule has 0 fully saturated rings. The first kappa shape index (κ1) is 14.0. The van der Waals surface area contributed by atoms with Crippen molar-refractivity contribution >= 4 is 16.1 Å². The maximum Gasteiger partial charge on any atom is 0.331 e. The Bertz CT molecular complexity index is 311. The number of hydrogen-bond acceptors (Lipinski definition) is 0. The minimum absolute atomic E-state index is 0.204. The summed E-state index contributed by atoms with van der Waals surface area (Å²) < 4.78 is 54.0. The molecule has 94 valence electrons. The van der Waals surface area contributed by atoms with Gasteiger partial charge in [-0.05, 0) is 10.4 Å². The van der Waals surface area contributed by atoms with Crippen molar-refractivity contribution in [2.75, 3.05) is 0 Å². The zero-order valence-corrected chi connectivity index (χ0v) is 12.5. The van der Waals surface area contributed by atoms with Gasteiger partial charge in [-0.1, -0.05) is 39.3 Å². The topological polar surface area (TPSA) is 0 Å². The monoisotopic (exact) mass is 270 g/mol. The molecule has 0 heterocycles. The Morgan fingerprint density at radius 1 is 0.625 bits per heavy atom. The van der Waals surface area contributed by atoms with Gasteiger partial charge >= 0.3 is 11.8 Å². The first-order valence-corrected chi connectivity index (χ1v) is 12.3. The third kappa shape index (κ3) is 1.70. The molecule has 0 aromatic carbocycles. The second kappa shape index (κ2) is 3.22. The molecule has 0 bridgehead atoms. The summed E-state index contributed by atoms with van der Waals surface area (Å²) in [4.78, 5) is 0. The molecule has 0 aromatic rings. The van der Waals surface area contributed by atoms with Crippen LogP contribution in [0.1, 0.15) is 0 Å². The zero-order chi connectivity index (χ0) is 13.2. The lowest BCUT2D eigenvalue weighted by Crippen LogP contribution is -2.64. The van der Waals surface area contributed by atoms with Crippen LogP contribution in [-0.4, -0.2) is 28.0 Å². The summed E-state index contributed by atoms with van der Waals surface area (Å²) in [6, 6.07) is 0. The molecule has 1 rings (SSSR count). The van der Waals surface area contributed by atoms with Crippen LogP contribution in [0.3, 0.4) is 0 Å². The summed E-state index contributed by atoms with van der Waals surface area (Å²) in [7, 11) is -4.77. The van der Waals surface area contributed by atoms with Crippen molar-refractivity contribution in [1.82, 2.24) is 0 Å². The molecule has 0 spiro atoms. The molecule has 6 heteroatoms. The first-order valence-electron chi connectivity index (χ1n) is 5.26. The molecule has 0 aromatic heterocycles. The molecule has 1 aliphatic carbocycles. The Balaban J connectivity index is 3.48. The second-order valence-corrected chi connectivity index (χ2v) is 16.4. The Morgan fingerprint density at radius 3 is 0.938 bits per heavy atom. The van der Waals surface area contributed by atoms with Gasteiger partial charge in [0.25, 0.3) is 0 Å². The van der Waals surface area contributed by atoms with Crippen molar-refractivity contribution in [2.45, 2.75) is 51.1 Å². The number of halogens is 4. The maximum atomic E-state index is 13.5. The summed E-state index contributed by atoms with van der Waals surface area (Å²) in [5, 5.41) is -0.409. The van der Waals surface area contributed by atoms with Gasteiger partial charge < -0.3 is 0 Å². The summed E-state index contributed by atoms with van der Waals surface area (Å²) >= 11 is 0. The summed E-state index contributed by atoms with van der Waals surface area (Å²) in [5.74, 6) is -7.82. The summed E-state index contributed by atoms with van der Waals surface area (Å²) in [6.45, 7) is 10.2. The molecule has 0 N–H and O–H groups in total. The molecule has 0 saturated carbocycles. The summed E-state index contributed by atoms with van der Waals surface area (Å²) in [5.41, 5.74) is 0. The van der Waals surface area contributed by atoms with Gasteiger partial charge in [-0.3, -0.25) is 0 Å². The van der Waals surface area contributed by atoms with Gasteiger partial charge in [0.15, 0.2) is 0 Å². The Labute approximate surface area is 95.8 Å².